The van der Waals surface area contributed by atoms with Gasteiger partial charge in [-0.15, -0.1) is 0 Å². The van der Waals surface area contributed by atoms with Crippen molar-refractivity contribution in [2.24, 2.45) is 4.99 Å². The van der Waals surface area contributed by atoms with Crippen molar-refractivity contribution in [1.82, 2.24) is 10.6 Å². The normalized spacial score (nSPS) is 18.5. The van der Waals surface area contributed by atoms with E-state index in [1.807, 2.05) is 0 Å². The highest BCUT2D eigenvalue weighted by Gasteiger charge is 2.12. The molecule has 1 unspecified atom stereocenters. The Kier molecular flexibility index (Phi) is 10.3. The van der Waals surface area contributed by atoms with Crippen LogP contribution in [0.5, 0.6) is 0 Å². The Balaban J connectivity index is 2.17. The summed E-state index contributed by atoms with van der Waals surface area (Å²) >= 11 is 0. The van der Waals surface area contributed by atoms with Crippen LogP contribution in [0, 0.1) is 0 Å². The number of methoxy groups -OCH3 is 1. The highest BCUT2D eigenvalue weighted by molar-refractivity contribution is 5.80. The molecule has 1 atom stereocenters. The van der Waals surface area contributed by atoms with Crippen LogP contribution in [0.2, 0.25) is 0 Å². The summed E-state index contributed by atoms with van der Waals surface area (Å²) in [4.78, 5) is 4.58. The lowest BCUT2D eigenvalue weighted by molar-refractivity contribution is 0.0281. The minimum Gasteiger partial charge on any atom is -0.383 e. The van der Waals surface area contributed by atoms with Crippen LogP contribution >= 0.6 is 0 Å². The first-order valence-corrected chi connectivity index (χ1v) is 8.41. The van der Waals surface area contributed by atoms with Crippen LogP contribution < -0.4 is 10.6 Å². The molecule has 0 heterocycles. The van der Waals surface area contributed by atoms with Gasteiger partial charge in [-0.1, -0.05) is 19.3 Å². The molecular weight excluding hydrogens is 266 g/mol. The van der Waals surface area contributed by atoms with Gasteiger partial charge in [0, 0.05) is 32.8 Å². The Labute approximate surface area is 129 Å². The first kappa shape index (κ1) is 18.2. The molecule has 1 aliphatic carbocycles. The van der Waals surface area contributed by atoms with E-state index in [0.717, 1.165) is 32.1 Å². The minimum absolute atomic E-state index is 0.256. The zero-order valence-corrected chi connectivity index (χ0v) is 14.0. The number of ether oxygens (including phenoxy) is 2. The number of rotatable bonds is 9. The van der Waals surface area contributed by atoms with Gasteiger partial charge >= 0.3 is 0 Å². The van der Waals surface area contributed by atoms with Crippen LogP contribution in [0.4, 0.5) is 0 Å². The van der Waals surface area contributed by atoms with Crippen LogP contribution in [-0.2, 0) is 9.47 Å². The monoisotopic (exact) mass is 299 g/mol. The third-order valence-electron chi connectivity index (χ3n) is 3.62. The summed E-state index contributed by atoms with van der Waals surface area (Å²) in [5.41, 5.74) is 0. The van der Waals surface area contributed by atoms with E-state index >= 15 is 0 Å². The molecule has 0 amide bonds. The summed E-state index contributed by atoms with van der Waals surface area (Å²) in [6.07, 6.45) is 7.98. The van der Waals surface area contributed by atoms with Gasteiger partial charge in [0.05, 0.1) is 12.7 Å². The first-order valence-electron chi connectivity index (χ1n) is 8.41. The standard InChI is InChI=1S/C16H33N3O2/c1-4-17-16(19-14(2)13-20-3)18-11-8-12-21-15-9-6-5-7-10-15/h14-15H,4-13H2,1-3H3,(H2,17,18,19). The van der Waals surface area contributed by atoms with E-state index in [9.17, 15) is 0 Å². The van der Waals surface area contributed by atoms with E-state index in [1.165, 1.54) is 32.1 Å². The molecule has 0 radical (unpaired) electrons. The Hall–Kier alpha value is -0.810. The Bertz CT molecular complexity index is 279. The summed E-state index contributed by atoms with van der Waals surface area (Å²) in [5.74, 6) is 0.861. The quantitative estimate of drug-likeness (QED) is 0.390. The molecule has 5 heteroatoms. The summed E-state index contributed by atoms with van der Waals surface area (Å²) in [5, 5.41) is 6.59. The van der Waals surface area contributed by atoms with Gasteiger partial charge in [-0.05, 0) is 33.1 Å². The number of guanidine groups is 1. The second-order valence-electron chi connectivity index (χ2n) is 5.75. The molecule has 0 aromatic rings. The lowest BCUT2D eigenvalue weighted by atomic mass is 9.98. The van der Waals surface area contributed by atoms with Crippen molar-refractivity contribution < 1.29 is 9.47 Å². The highest BCUT2D eigenvalue weighted by atomic mass is 16.5. The molecule has 1 rings (SSSR count). The van der Waals surface area contributed by atoms with Crippen LogP contribution in [-0.4, -0.2) is 51.5 Å². The molecule has 0 aliphatic heterocycles. The second kappa shape index (κ2) is 11.8. The fourth-order valence-corrected chi connectivity index (χ4v) is 2.58. The molecule has 0 aromatic carbocycles. The molecule has 21 heavy (non-hydrogen) atoms. The predicted octanol–water partition coefficient (Wildman–Crippen LogP) is 2.32. The van der Waals surface area contributed by atoms with Crippen LogP contribution in [0.3, 0.4) is 0 Å². The topological polar surface area (TPSA) is 54.9 Å². The van der Waals surface area contributed by atoms with Gasteiger partial charge in [-0.2, -0.15) is 0 Å². The maximum Gasteiger partial charge on any atom is 0.191 e. The summed E-state index contributed by atoms with van der Waals surface area (Å²) in [6.45, 7) is 7.31. The molecule has 1 aliphatic rings. The van der Waals surface area contributed by atoms with E-state index in [2.05, 4.69) is 29.5 Å². The van der Waals surface area contributed by atoms with Gasteiger partial charge in [-0.3, -0.25) is 4.99 Å². The molecule has 0 saturated heterocycles. The molecule has 124 valence electrons. The van der Waals surface area contributed by atoms with E-state index in [4.69, 9.17) is 9.47 Å². The smallest absolute Gasteiger partial charge is 0.191 e. The first-order chi connectivity index (χ1) is 10.3. The SMILES string of the molecule is CCNC(=NCCCOC1CCCCC1)NC(C)COC. The Morgan fingerprint density at radius 3 is 2.71 bits per heavy atom. The van der Waals surface area contributed by atoms with Crippen LogP contribution in [0.25, 0.3) is 0 Å². The summed E-state index contributed by atoms with van der Waals surface area (Å²) in [7, 11) is 1.71. The van der Waals surface area contributed by atoms with Gasteiger partial charge < -0.3 is 20.1 Å². The van der Waals surface area contributed by atoms with Gasteiger partial charge in [0.1, 0.15) is 0 Å². The Morgan fingerprint density at radius 2 is 2.05 bits per heavy atom. The summed E-state index contributed by atoms with van der Waals surface area (Å²) in [6, 6.07) is 0.256. The van der Waals surface area contributed by atoms with E-state index < -0.39 is 0 Å². The third-order valence-corrected chi connectivity index (χ3v) is 3.62. The molecule has 5 nitrogen and oxygen atoms in total. The number of nitrogens with one attached hydrogen (secondary N) is 2. The lowest BCUT2D eigenvalue weighted by Gasteiger charge is -2.21. The predicted molar refractivity (Wildman–Crippen MR) is 87.9 cm³/mol. The zero-order chi connectivity index (χ0) is 15.3. The van der Waals surface area contributed by atoms with Crippen molar-refractivity contribution in [2.45, 2.75) is 64.5 Å². The number of hydrogen-bond acceptors (Lipinski definition) is 3. The van der Waals surface area contributed by atoms with E-state index in [1.54, 1.807) is 7.11 Å². The Morgan fingerprint density at radius 1 is 1.29 bits per heavy atom. The molecule has 2 N–H and O–H groups in total. The summed E-state index contributed by atoms with van der Waals surface area (Å²) < 4.78 is 11.0. The molecule has 0 aromatic heterocycles. The van der Waals surface area contributed by atoms with Crippen molar-refractivity contribution in [1.29, 1.82) is 0 Å². The lowest BCUT2D eigenvalue weighted by Crippen LogP contribution is -2.44. The molecule has 0 spiro atoms. The van der Waals surface area contributed by atoms with Crippen molar-refractivity contribution in [3.05, 3.63) is 0 Å². The van der Waals surface area contributed by atoms with E-state index in [-0.39, 0.29) is 6.04 Å². The fourth-order valence-electron chi connectivity index (χ4n) is 2.58. The van der Waals surface area contributed by atoms with Crippen molar-refractivity contribution in [2.75, 3.05) is 33.4 Å². The van der Waals surface area contributed by atoms with Gasteiger partial charge in [0.2, 0.25) is 0 Å². The number of aliphatic imine (C=N–C) groups is 1. The molecule has 1 saturated carbocycles. The largest absolute Gasteiger partial charge is 0.383 e. The van der Waals surface area contributed by atoms with Crippen molar-refractivity contribution in [3.63, 3.8) is 0 Å². The minimum atomic E-state index is 0.256. The fraction of sp³-hybridized carbons (Fsp3) is 0.938. The molecule has 1 fully saturated rings. The second-order valence-corrected chi connectivity index (χ2v) is 5.75. The van der Waals surface area contributed by atoms with Crippen molar-refractivity contribution in [3.8, 4) is 0 Å². The van der Waals surface area contributed by atoms with Gasteiger partial charge in [0.25, 0.3) is 0 Å². The van der Waals surface area contributed by atoms with Gasteiger partial charge in [0.15, 0.2) is 5.96 Å². The maximum atomic E-state index is 5.91. The number of nitrogens with zero attached hydrogens (tertiary/aromatic N) is 1. The number of hydrogen-bond donors (Lipinski definition) is 2. The molecule has 0 bridgehead atoms. The third kappa shape index (κ3) is 8.94. The molecular formula is C16H33N3O2. The zero-order valence-electron chi connectivity index (χ0n) is 14.0. The van der Waals surface area contributed by atoms with Gasteiger partial charge in [-0.25, -0.2) is 0 Å². The highest BCUT2D eigenvalue weighted by Crippen LogP contribution is 2.20. The maximum absolute atomic E-state index is 5.91. The van der Waals surface area contributed by atoms with E-state index in [0.29, 0.717) is 12.7 Å². The average Bonchev–Trinajstić information content (AvgIpc) is 2.48. The average molecular weight is 299 g/mol. The van der Waals surface area contributed by atoms with Crippen LogP contribution in [0.1, 0.15) is 52.4 Å². The van der Waals surface area contributed by atoms with Crippen LogP contribution in [0.15, 0.2) is 4.99 Å². The van der Waals surface area contributed by atoms with Crippen molar-refractivity contribution >= 4 is 5.96 Å².